The quantitative estimate of drug-likeness (QED) is 0.573. The minimum atomic E-state index is -0.372. The van der Waals surface area contributed by atoms with Crippen molar-refractivity contribution in [3.05, 3.63) is 76.5 Å². The number of amides is 1. The van der Waals surface area contributed by atoms with Crippen LogP contribution in [0, 0.1) is 6.92 Å². The summed E-state index contributed by atoms with van der Waals surface area (Å²) < 4.78 is 6.71. The van der Waals surface area contributed by atoms with Crippen molar-refractivity contribution in [2.24, 2.45) is 0 Å². The van der Waals surface area contributed by atoms with Crippen LogP contribution in [-0.2, 0) is 17.9 Å². The maximum absolute atomic E-state index is 12.5. The summed E-state index contributed by atoms with van der Waals surface area (Å²) in [5.74, 6) is 0.291. The number of fused-ring (bicyclic) bond motifs is 1. The molecule has 0 atom stereocenters. The molecule has 2 aromatic heterocycles. The second-order valence-electron chi connectivity index (χ2n) is 6.24. The molecule has 0 bridgehead atoms. The molecule has 8 heteroatoms. The Morgan fingerprint density at radius 2 is 1.75 bits per heavy atom. The van der Waals surface area contributed by atoms with E-state index in [9.17, 15) is 9.59 Å². The Balaban J connectivity index is 1.44. The van der Waals surface area contributed by atoms with Gasteiger partial charge in [-0.15, -0.1) is 10.2 Å². The fraction of sp³-hybridized carbons (Fsp3) is 0.150. The van der Waals surface area contributed by atoms with Crippen molar-refractivity contribution in [2.75, 3.05) is 0 Å². The maximum Gasteiger partial charge on any atom is 0.275 e. The molecule has 2 aromatic carbocycles. The average molecular weight is 375 g/mol. The maximum atomic E-state index is 12.5. The minimum Gasteiger partial charge on any atom is -0.419 e. The lowest BCUT2D eigenvalue weighted by Gasteiger charge is -2.08. The van der Waals surface area contributed by atoms with Crippen molar-refractivity contribution in [1.82, 2.24) is 25.3 Å². The molecule has 1 amide bonds. The predicted molar refractivity (Wildman–Crippen MR) is 102 cm³/mol. The Morgan fingerprint density at radius 3 is 2.54 bits per heavy atom. The Hall–Kier alpha value is -3.81. The van der Waals surface area contributed by atoms with E-state index in [0.717, 1.165) is 15.6 Å². The van der Waals surface area contributed by atoms with Gasteiger partial charge in [0, 0.05) is 10.9 Å². The van der Waals surface area contributed by atoms with E-state index in [1.165, 1.54) is 0 Å². The van der Waals surface area contributed by atoms with Gasteiger partial charge in [0.1, 0.15) is 6.54 Å². The molecule has 4 rings (SSSR count). The molecule has 0 saturated carbocycles. The number of hydrogen-bond acceptors (Lipinski definition) is 6. The number of carbonyl (C=O) groups excluding carboxylic acids is 1. The highest BCUT2D eigenvalue weighted by atomic mass is 16.4. The first-order valence-corrected chi connectivity index (χ1v) is 8.73. The number of nitrogens with zero attached hydrogens (tertiary/aromatic N) is 4. The predicted octanol–water partition coefficient (Wildman–Crippen LogP) is 2.07. The van der Waals surface area contributed by atoms with Gasteiger partial charge in [-0.1, -0.05) is 36.4 Å². The van der Waals surface area contributed by atoms with E-state index in [4.69, 9.17) is 4.42 Å². The first kappa shape index (κ1) is 17.6. The third kappa shape index (κ3) is 3.52. The first-order valence-electron chi connectivity index (χ1n) is 8.73. The van der Waals surface area contributed by atoms with Crippen molar-refractivity contribution >= 4 is 16.7 Å². The van der Waals surface area contributed by atoms with Gasteiger partial charge in [0.2, 0.25) is 17.7 Å². The van der Waals surface area contributed by atoms with Crippen molar-refractivity contribution in [1.29, 1.82) is 0 Å². The molecule has 0 fully saturated rings. The molecule has 8 nitrogen and oxygen atoms in total. The summed E-state index contributed by atoms with van der Waals surface area (Å²) in [4.78, 5) is 24.8. The second kappa shape index (κ2) is 7.43. The van der Waals surface area contributed by atoms with Crippen LogP contribution >= 0.6 is 0 Å². The molecular weight excluding hydrogens is 358 g/mol. The first-order chi connectivity index (χ1) is 13.6. The number of rotatable bonds is 5. The molecule has 0 spiro atoms. The van der Waals surface area contributed by atoms with Crippen LogP contribution in [-0.4, -0.2) is 25.9 Å². The van der Waals surface area contributed by atoms with Gasteiger partial charge in [0.25, 0.3) is 5.56 Å². The molecule has 28 heavy (non-hydrogen) atoms. The third-order valence-corrected chi connectivity index (χ3v) is 4.27. The number of aryl methyl sites for hydroxylation is 1. The zero-order valence-electron chi connectivity index (χ0n) is 15.1. The number of hydrogen-bond donors (Lipinski definition) is 1. The topological polar surface area (TPSA) is 103 Å². The van der Waals surface area contributed by atoms with E-state index in [0.29, 0.717) is 17.0 Å². The highest BCUT2D eigenvalue weighted by molar-refractivity contribution is 5.83. The summed E-state index contributed by atoms with van der Waals surface area (Å²) in [5.41, 5.74) is 1.18. The Bertz CT molecular complexity index is 1200. The molecule has 0 aliphatic carbocycles. The summed E-state index contributed by atoms with van der Waals surface area (Å²) in [6, 6.07) is 16.6. The molecule has 2 heterocycles. The summed E-state index contributed by atoms with van der Waals surface area (Å²) in [7, 11) is 0. The SMILES string of the molecule is Cc1nn(CC(=O)NCc2nnc(-c3ccccc3)o2)c(=O)c2ccccc12. The van der Waals surface area contributed by atoms with Crippen LogP contribution in [0.1, 0.15) is 11.6 Å². The van der Waals surface area contributed by atoms with E-state index in [-0.39, 0.29) is 30.4 Å². The number of nitrogens with one attached hydrogen (secondary N) is 1. The van der Waals surface area contributed by atoms with E-state index in [2.05, 4.69) is 20.6 Å². The van der Waals surface area contributed by atoms with Gasteiger partial charge in [-0.3, -0.25) is 9.59 Å². The van der Waals surface area contributed by atoms with Crippen LogP contribution in [0.15, 0.2) is 63.8 Å². The lowest BCUT2D eigenvalue weighted by atomic mass is 10.1. The van der Waals surface area contributed by atoms with Gasteiger partial charge >= 0.3 is 0 Å². The molecule has 4 aromatic rings. The Labute approximate surface area is 159 Å². The number of aromatic nitrogens is 4. The van der Waals surface area contributed by atoms with E-state index >= 15 is 0 Å². The Morgan fingerprint density at radius 1 is 1.04 bits per heavy atom. The van der Waals surface area contributed by atoms with Crippen LogP contribution in [0.25, 0.3) is 22.2 Å². The van der Waals surface area contributed by atoms with Crippen LogP contribution in [0.3, 0.4) is 0 Å². The van der Waals surface area contributed by atoms with Crippen LogP contribution in [0.4, 0.5) is 0 Å². The van der Waals surface area contributed by atoms with E-state index in [1.54, 1.807) is 19.1 Å². The van der Waals surface area contributed by atoms with Gasteiger partial charge in [0.15, 0.2) is 0 Å². The monoisotopic (exact) mass is 375 g/mol. The largest absolute Gasteiger partial charge is 0.419 e. The lowest BCUT2D eigenvalue weighted by Crippen LogP contribution is -2.33. The van der Waals surface area contributed by atoms with Gasteiger partial charge in [-0.05, 0) is 25.1 Å². The molecule has 0 saturated heterocycles. The zero-order chi connectivity index (χ0) is 19.5. The molecule has 0 unspecified atom stereocenters. The van der Waals surface area contributed by atoms with Gasteiger partial charge in [-0.2, -0.15) is 5.10 Å². The van der Waals surface area contributed by atoms with Crippen LogP contribution in [0.5, 0.6) is 0 Å². The van der Waals surface area contributed by atoms with Gasteiger partial charge < -0.3 is 9.73 Å². The number of carbonyl (C=O) groups is 1. The minimum absolute atomic E-state index is 0.0694. The fourth-order valence-corrected chi connectivity index (χ4v) is 2.90. The molecule has 1 N–H and O–H groups in total. The summed E-state index contributed by atoms with van der Waals surface area (Å²) in [6.07, 6.45) is 0. The van der Waals surface area contributed by atoms with Crippen molar-refractivity contribution in [3.63, 3.8) is 0 Å². The smallest absolute Gasteiger partial charge is 0.275 e. The van der Waals surface area contributed by atoms with E-state index < -0.39 is 0 Å². The summed E-state index contributed by atoms with van der Waals surface area (Å²) in [5, 5.41) is 16.1. The third-order valence-electron chi connectivity index (χ3n) is 4.27. The Kier molecular flexibility index (Phi) is 4.67. The summed E-state index contributed by atoms with van der Waals surface area (Å²) in [6.45, 7) is 1.68. The molecular formula is C20H17N5O3. The fourth-order valence-electron chi connectivity index (χ4n) is 2.90. The van der Waals surface area contributed by atoms with Crippen LogP contribution in [0.2, 0.25) is 0 Å². The van der Waals surface area contributed by atoms with Crippen LogP contribution < -0.4 is 10.9 Å². The van der Waals surface area contributed by atoms with Gasteiger partial charge in [-0.25, -0.2) is 4.68 Å². The highest BCUT2D eigenvalue weighted by Crippen LogP contribution is 2.16. The molecule has 0 aliphatic heterocycles. The lowest BCUT2D eigenvalue weighted by molar-refractivity contribution is -0.122. The molecule has 0 radical (unpaired) electrons. The average Bonchev–Trinajstić information content (AvgIpc) is 3.20. The molecule has 0 aliphatic rings. The van der Waals surface area contributed by atoms with Crippen molar-refractivity contribution < 1.29 is 9.21 Å². The highest BCUT2D eigenvalue weighted by Gasteiger charge is 2.13. The van der Waals surface area contributed by atoms with Gasteiger partial charge in [0.05, 0.1) is 17.6 Å². The van der Waals surface area contributed by atoms with Crippen molar-refractivity contribution in [2.45, 2.75) is 20.0 Å². The van der Waals surface area contributed by atoms with E-state index in [1.807, 2.05) is 42.5 Å². The second-order valence-corrected chi connectivity index (χ2v) is 6.24. The van der Waals surface area contributed by atoms with Crippen molar-refractivity contribution in [3.8, 4) is 11.5 Å². The zero-order valence-corrected chi connectivity index (χ0v) is 15.1. The normalized spacial score (nSPS) is 10.9. The summed E-state index contributed by atoms with van der Waals surface area (Å²) >= 11 is 0. The molecule has 140 valence electrons. The number of benzene rings is 2. The standard InChI is InChI=1S/C20H17N5O3/c1-13-15-9-5-6-10-16(15)20(27)25(24-13)12-17(26)21-11-18-22-23-19(28-18)14-7-3-2-4-8-14/h2-10H,11-12H2,1H3,(H,21,26).